The quantitative estimate of drug-likeness (QED) is 0.286. The molecule has 0 aliphatic heterocycles. The van der Waals surface area contributed by atoms with Crippen molar-refractivity contribution in [3.05, 3.63) is 70.9 Å². The van der Waals surface area contributed by atoms with Crippen LogP contribution in [0, 0.1) is 0 Å². The number of benzene rings is 2. The van der Waals surface area contributed by atoms with Crippen LogP contribution in [-0.2, 0) is 0 Å². The summed E-state index contributed by atoms with van der Waals surface area (Å²) in [6.45, 7) is 2.72. The standard InChI is InChI=1S/C22H26N4O2/c27-21-19(25-15-7-13-23-17-9-3-1-4-10-17)22(28)20(21)26-16-8-14-24-18-11-5-2-6-12-18/h1-6,9-12,23-26H,7-8,13-16H2. The van der Waals surface area contributed by atoms with Gasteiger partial charge in [-0.1, -0.05) is 36.4 Å². The second-order valence-corrected chi connectivity index (χ2v) is 6.55. The molecule has 0 unspecified atom stereocenters. The maximum atomic E-state index is 12.1. The monoisotopic (exact) mass is 378 g/mol. The highest BCUT2D eigenvalue weighted by molar-refractivity contribution is 5.79. The lowest BCUT2D eigenvalue weighted by Crippen LogP contribution is -2.26. The minimum atomic E-state index is -0.211. The van der Waals surface area contributed by atoms with Gasteiger partial charge in [-0.2, -0.15) is 0 Å². The van der Waals surface area contributed by atoms with Crippen molar-refractivity contribution in [2.24, 2.45) is 0 Å². The van der Waals surface area contributed by atoms with Crippen LogP contribution in [0.5, 0.6) is 5.75 Å². The van der Waals surface area contributed by atoms with Gasteiger partial charge in [-0.15, -0.1) is 0 Å². The van der Waals surface area contributed by atoms with Crippen molar-refractivity contribution in [1.29, 1.82) is 0 Å². The summed E-state index contributed by atoms with van der Waals surface area (Å²) in [5.74, 6) is -0.211. The van der Waals surface area contributed by atoms with Gasteiger partial charge in [0.15, 0.2) is 11.4 Å². The van der Waals surface area contributed by atoms with Gasteiger partial charge in [-0.05, 0) is 37.1 Å². The fourth-order valence-corrected chi connectivity index (χ4v) is 2.90. The first-order chi connectivity index (χ1) is 13.8. The van der Waals surface area contributed by atoms with Crippen LogP contribution in [0.25, 0.3) is 0 Å². The van der Waals surface area contributed by atoms with E-state index < -0.39 is 0 Å². The highest BCUT2D eigenvalue weighted by Gasteiger charge is 2.23. The topological polar surface area (TPSA) is 88.2 Å². The minimum absolute atomic E-state index is 0.199. The van der Waals surface area contributed by atoms with E-state index in [4.69, 9.17) is 0 Å². The van der Waals surface area contributed by atoms with Gasteiger partial charge in [0, 0.05) is 37.6 Å². The van der Waals surface area contributed by atoms with E-state index in [1.165, 1.54) is 0 Å². The molecule has 0 radical (unpaired) electrons. The lowest BCUT2D eigenvalue weighted by atomic mass is 10.1. The molecular formula is C22H26N4O2. The first-order valence-electron chi connectivity index (χ1n) is 9.64. The van der Waals surface area contributed by atoms with E-state index in [0.29, 0.717) is 13.1 Å². The summed E-state index contributed by atoms with van der Waals surface area (Å²) in [7, 11) is 0. The van der Waals surface area contributed by atoms with Crippen LogP contribution in [0.4, 0.5) is 22.7 Å². The van der Waals surface area contributed by atoms with Crippen molar-refractivity contribution in [3.63, 3.8) is 0 Å². The lowest BCUT2D eigenvalue weighted by molar-refractivity contribution is -0.267. The van der Waals surface area contributed by atoms with Crippen LogP contribution in [0.3, 0.4) is 0 Å². The molecule has 6 heteroatoms. The summed E-state index contributed by atoms with van der Waals surface area (Å²) in [5.41, 5.74) is 2.31. The van der Waals surface area contributed by atoms with Crippen molar-refractivity contribution >= 4 is 22.7 Å². The third-order valence-corrected chi connectivity index (χ3v) is 4.42. The summed E-state index contributed by atoms with van der Waals surface area (Å²) < 4.78 is 0. The summed E-state index contributed by atoms with van der Waals surface area (Å²) in [6, 6.07) is 19.9. The molecule has 0 heterocycles. The molecule has 0 fully saturated rings. The molecule has 146 valence electrons. The maximum Gasteiger partial charge on any atom is 0.330 e. The van der Waals surface area contributed by atoms with Crippen LogP contribution < -0.4 is 31.8 Å². The Morgan fingerprint density at radius 1 is 0.714 bits per heavy atom. The molecule has 3 aromatic rings. The Kier molecular flexibility index (Phi) is 7.07. The normalized spacial score (nSPS) is 10.6. The molecular weight excluding hydrogens is 352 g/mol. The molecule has 0 amide bonds. The Morgan fingerprint density at radius 3 is 1.75 bits per heavy atom. The molecule has 0 aliphatic carbocycles. The largest absolute Gasteiger partial charge is 0.849 e. The van der Waals surface area contributed by atoms with Crippen LogP contribution in [-0.4, -0.2) is 26.2 Å². The van der Waals surface area contributed by atoms with Crippen LogP contribution in [0.2, 0.25) is 0 Å². The Morgan fingerprint density at radius 2 is 1.21 bits per heavy atom. The molecule has 0 bridgehead atoms. The number of rotatable bonds is 12. The molecule has 0 spiro atoms. The average molecular weight is 378 g/mol. The smallest absolute Gasteiger partial charge is 0.330 e. The van der Waals surface area contributed by atoms with Gasteiger partial charge in [-0.25, -0.2) is 0 Å². The number of hydrogen-bond acceptors (Lipinski definition) is 6. The highest BCUT2D eigenvalue weighted by Crippen LogP contribution is 2.29. The molecule has 4 N–H and O–H groups in total. The van der Waals surface area contributed by atoms with E-state index >= 15 is 0 Å². The maximum absolute atomic E-state index is 12.1. The van der Waals surface area contributed by atoms with E-state index in [1.54, 1.807) is 0 Å². The van der Waals surface area contributed by atoms with Crippen molar-refractivity contribution in [1.82, 2.24) is 0 Å². The summed E-state index contributed by atoms with van der Waals surface area (Å²) >= 11 is 0. The second kappa shape index (κ2) is 10.2. The molecule has 0 atom stereocenters. The summed E-state index contributed by atoms with van der Waals surface area (Å²) in [5, 5.41) is 24.6. The van der Waals surface area contributed by atoms with Gasteiger partial charge in [0.2, 0.25) is 0 Å². The van der Waals surface area contributed by atoms with Crippen molar-refractivity contribution in [3.8, 4) is 5.75 Å². The molecule has 28 heavy (non-hydrogen) atoms. The van der Waals surface area contributed by atoms with Gasteiger partial charge in [0.1, 0.15) is 0 Å². The SMILES string of the molecule is O=c1c(NCCCNc2ccccc2)c([O-])[c+]1NCCCNc1ccccc1. The fraction of sp³-hybridized carbons (Fsp3) is 0.273. The van der Waals surface area contributed by atoms with Gasteiger partial charge < -0.3 is 26.4 Å². The van der Waals surface area contributed by atoms with E-state index in [0.717, 1.165) is 37.3 Å². The molecule has 0 saturated heterocycles. The Labute approximate surface area is 165 Å². The Hall–Kier alpha value is -3.28. The van der Waals surface area contributed by atoms with Crippen molar-refractivity contribution in [2.45, 2.75) is 12.8 Å². The van der Waals surface area contributed by atoms with Gasteiger partial charge in [0.25, 0.3) is 0 Å². The number of anilines is 4. The molecule has 6 nitrogen and oxygen atoms in total. The van der Waals surface area contributed by atoms with Gasteiger partial charge >= 0.3 is 5.43 Å². The first-order valence-corrected chi connectivity index (χ1v) is 9.64. The Bertz CT molecular complexity index is 797. The van der Waals surface area contributed by atoms with Crippen LogP contribution >= 0.6 is 0 Å². The van der Waals surface area contributed by atoms with E-state index in [1.807, 2.05) is 60.7 Å². The second-order valence-electron chi connectivity index (χ2n) is 6.55. The van der Waals surface area contributed by atoms with Crippen LogP contribution in [0.15, 0.2) is 65.5 Å². The highest BCUT2D eigenvalue weighted by atomic mass is 16.3. The van der Waals surface area contributed by atoms with Gasteiger partial charge in [0.05, 0.1) is 5.75 Å². The fourth-order valence-electron chi connectivity index (χ4n) is 2.90. The van der Waals surface area contributed by atoms with E-state index in [9.17, 15) is 9.90 Å². The van der Waals surface area contributed by atoms with Crippen molar-refractivity contribution < 1.29 is 5.11 Å². The summed E-state index contributed by atoms with van der Waals surface area (Å²) in [6.07, 6.45) is 1.62. The average Bonchev–Trinajstić information content (AvgIpc) is 2.74. The van der Waals surface area contributed by atoms with Gasteiger partial charge in [-0.3, -0.25) is 4.79 Å². The predicted molar refractivity (Wildman–Crippen MR) is 115 cm³/mol. The molecule has 3 aromatic carbocycles. The van der Waals surface area contributed by atoms with Crippen LogP contribution in [0.1, 0.15) is 12.8 Å². The van der Waals surface area contributed by atoms with E-state index in [-0.39, 0.29) is 22.6 Å². The predicted octanol–water partition coefficient (Wildman–Crippen LogP) is 3.11. The lowest BCUT2D eigenvalue weighted by Gasteiger charge is -2.17. The number of nitrogens with one attached hydrogen (secondary N) is 4. The molecule has 3 rings (SSSR count). The van der Waals surface area contributed by atoms with E-state index in [2.05, 4.69) is 21.3 Å². The third kappa shape index (κ3) is 5.36. The first kappa shape index (κ1) is 19.5. The molecule has 0 aromatic heterocycles. The minimum Gasteiger partial charge on any atom is -0.849 e. The molecule has 0 saturated carbocycles. The molecule has 0 aliphatic rings. The number of para-hydroxylation sites is 2. The van der Waals surface area contributed by atoms with Crippen molar-refractivity contribution in [2.75, 3.05) is 47.4 Å². The zero-order chi connectivity index (χ0) is 19.6. The third-order valence-electron chi connectivity index (χ3n) is 4.42. The Balaban J connectivity index is 1.30. The zero-order valence-corrected chi connectivity index (χ0v) is 15.8. The number of hydrogen-bond donors (Lipinski definition) is 4. The zero-order valence-electron chi connectivity index (χ0n) is 15.8. The summed E-state index contributed by atoms with van der Waals surface area (Å²) in [4.78, 5) is 12.1.